The Kier molecular flexibility index (Phi) is 5.77. The molecular weight excluding hydrogens is 306 g/mol. The summed E-state index contributed by atoms with van der Waals surface area (Å²) >= 11 is 0.452. The van der Waals surface area contributed by atoms with Crippen molar-refractivity contribution in [3.63, 3.8) is 0 Å². The Bertz CT molecular complexity index is 623. The predicted molar refractivity (Wildman–Crippen MR) is 85.2 cm³/mol. The van der Waals surface area contributed by atoms with Gasteiger partial charge in [-0.25, -0.2) is 4.79 Å². The number of hydrogen-bond donors (Lipinski definition) is 1. The van der Waals surface area contributed by atoms with Gasteiger partial charge >= 0.3 is 6.03 Å². The molecule has 116 valence electrons. The normalized spacial score (nSPS) is 10.5. The van der Waals surface area contributed by atoms with Crippen molar-refractivity contribution < 1.29 is 13.6 Å². The van der Waals surface area contributed by atoms with E-state index in [1.165, 1.54) is 11.0 Å². The number of carbonyl (C=O) groups is 1. The van der Waals surface area contributed by atoms with Crippen LogP contribution in [0.3, 0.4) is 0 Å². The van der Waals surface area contributed by atoms with Crippen LogP contribution in [0.25, 0.3) is 0 Å². The second-order valence-corrected chi connectivity index (χ2v) is 5.74. The summed E-state index contributed by atoms with van der Waals surface area (Å²) in [5.41, 5.74) is 1.51. The van der Waals surface area contributed by atoms with Crippen LogP contribution in [0.5, 0.6) is 0 Å². The second-order valence-electron chi connectivity index (χ2n) is 4.68. The molecule has 2 aromatic carbocycles. The Morgan fingerprint density at radius 1 is 1.18 bits per heavy atom. The van der Waals surface area contributed by atoms with Crippen LogP contribution < -0.4 is 5.32 Å². The van der Waals surface area contributed by atoms with E-state index >= 15 is 0 Å². The zero-order valence-corrected chi connectivity index (χ0v) is 12.8. The first-order valence-corrected chi connectivity index (χ1v) is 7.53. The summed E-state index contributed by atoms with van der Waals surface area (Å²) in [5.74, 6) is -2.48. The smallest absolute Gasteiger partial charge is 0.321 e. The lowest BCUT2D eigenvalue weighted by molar-refractivity contribution is 0.220. The Morgan fingerprint density at radius 3 is 2.59 bits per heavy atom. The minimum absolute atomic E-state index is 0.289. The molecule has 0 bridgehead atoms. The number of halogens is 2. The minimum Gasteiger partial charge on any atom is -0.323 e. The van der Waals surface area contributed by atoms with Gasteiger partial charge in [-0.3, -0.25) is 0 Å². The van der Waals surface area contributed by atoms with Gasteiger partial charge in [-0.2, -0.15) is 8.78 Å². The number of thioether (sulfide) groups is 1. The molecule has 1 N–H and O–H groups in total. The van der Waals surface area contributed by atoms with Crippen LogP contribution >= 0.6 is 11.8 Å². The molecule has 6 heteroatoms. The summed E-state index contributed by atoms with van der Waals surface area (Å²) in [6.07, 6.45) is 0. The van der Waals surface area contributed by atoms with Gasteiger partial charge in [0.25, 0.3) is 5.76 Å². The molecule has 0 saturated heterocycles. The van der Waals surface area contributed by atoms with E-state index in [0.29, 0.717) is 28.9 Å². The largest absolute Gasteiger partial charge is 0.323 e. The lowest BCUT2D eigenvalue weighted by atomic mass is 10.2. The van der Waals surface area contributed by atoms with E-state index in [4.69, 9.17) is 0 Å². The molecule has 2 aromatic rings. The lowest BCUT2D eigenvalue weighted by Gasteiger charge is -2.18. The number of anilines is 1. The number of benzene rings is 2. The molecule has 0 aliphatic carbocycles. The molecule has 0 aromatic heterocycles. The van der Waals surface area contributed by atoms with Crippen LogP contribution in [-0.2, 0) is 6.54 Å². The summed E-state index contributed by atoms with van der Waals surface area (Å²) in [6, 6.07) is 15.7. The number of rotatable bonds is 5. The average Bonchev–Trinajstić information content (AvgIpc) is 2.48. The molecule has 0 fully saturated rings. The van der Waals surface area contributed by atoms with Gasteiger partial charge in [0.15, 0.2) is 0 Å². The fourth-order valence-corrected chi connectivity index (χ4v) is 2.46. The summed E-state index contributed by atoms with van der Waals surface area (Å²) in [4.78, 5) is 14.1. The van der Waals surface area contributed by atoms with Gasteiger partial charge in [-0.1, -0.05) is 48.2 Å². The Labute approximate surface area is 132 Å². The van der Waals surface area contributed by atoms with E-state index < -0.39 is 5.76 Å². The van der Waals surface area contributed by atoms with Crippen LogP contribution in [0.15, 0.2) is 59.5 Å². The third-order valence-corrected chi connectivity index (χ3v) is 3.62. The first kappa shape index (κ1) is 16.3. The first-order chi connectivity index (χ1) is 10.5. The van der Waals surface area contributed by atoms with Gasteiger partial charge in [0, 0.05) is 24.2 Å². The van der Waals surface area contributed by atoms with E-state index in [1.807, 2.05) is 30.3 Å². The van der Waals surface area contributed by atoms with Crippen molar-refractivity contribution in [3.05, 3.63) is 60.2 Å². The van der Waals surface area contributed by atoms with Gasteiger partial charge < -0.3 is 10.2 Å². The number of hydrogen-bond acceptors (Lipinski definition) is 2. The van der Waals surface area contributed by atoms with Crippen molar-refractivity contribution in [1.29, 1.82) is 0 Å². The van der Waals surface area contributed by atoms with Gasteiger partial charge in [0.05, 0.1) is 0 Å². The van der Waals surface area contributed by atoms with E-state index in [0.717, 1.165) is 5.56 Å². The van der Waals surface area contributed by atoms with Crippen LogP contribution in [-0.4, -0.2) is 23.7 Å². The molecule has 2 rings (SSSR count). The Hall–Kier alpha value is -2.08. The molecule has 0 saturated carbocycles. The second kappa shape index (κ2) is 7.79. The zero-order valence-electron chi connectivity index (χ0n) is 12.0. The number of nitrogens with zero attached hydrogens (tertiary/aromatic N) is 1. The molecular formula is C16H16F2N2OS. The van der Waals surface area contributed by atoms with Crippen LogP contribution in [0.2, 0.25) is 0 Å². The molecule has 2 amide bonds. The molecule has 0 unspecified atom stereocenters. The van der Waals surface area contributed by atoms with E-state index in [1.54, 1.807) is 25.2 Å². The van der Waals surface area contributed by atoms with E-state index in [9.17, 15) is 13.6 Å². The topological polar surface area (TPSA) is 32.3 Å². The van der Waals surface area contributed by atoms with Crippen molar-refractivity contribution in [1.82, 2.24) is 4.90 Å². The molecule has 0 aliphatic rings. The van der Waals surface area contributed by atoms with Crippen molar-refractivity contribution in [2.24, 2.45) is 0 Å². The van der Waals surface area contributed by atoms with Crippen molar-refractivity contribution in [3.8, 4) is 0 Å². The number of alkyl halides is 2. The Morgan fingerprint density at radius 2 is 1.91 bits per heavy atom. The summed E-state index contributed by atoms with van der Waals surface area (Å²) < 4.78 is 24.7. The average molecular weight is 322 g/mol. The quantitative estimate of drug-likeness (QED) is 0.812. The molecule has 22 heavy (non-hydrogen) atoms. The maximum absolute atomic E-state index is 12.4. The van der Waals surface area contributed by atoms with Gasteiger partial charge in [0.1, 0.15) is 0 Å². The third-order valence-electron chi connectivity index (χ3n) is 2.92. The van der Waals surface area contributed by atoms with Gasteiger partial charge in [0.2, 0.25) is 0 Å². The van der Waals surface area contributed by atoms with Crippen LogP contribution in [0, 0.1) is 0 Å². The van der Waals surface area contributed by atoms with Gasteiger partial charge in [-0.05, 0) is 23.8 Å². The molecule has 3 nitrogen and oxygen atoms in total. The monoisotopic (exact) mass is 322 g/mol. The van der Waals surface area contributed by atoms with Crippen molar-refractivity contribution in [2.75, 3.05) is 12.4 Å². The van der Waals surface area contributed by atoms with E-state index in [-0.39, 0.29) is 6.03 Å². The lowest BCUT2D eigenvalue weighted by Crippen LogP contribution is -2.30. The molecule has 0 spiro atoms. The molecule has 0 radical (unpaired) electrons. The van der Waals surface area contributed by atoms with E-state index in [2.05, 4.69) is 5.32 Å². The number of nitrogens with one attached hydrogen (secondary N) is 1. The highest BCUT2D eigenvalue weighted by Gasteiger charge is 2.10. The maximum Gasteiger partial charge on any atom is 0.321 e. The molecule has 0 aliphatic heterocycles. The fourth-order valence-electron chi connectivity index (χ4n) is 1.90. The van der Waals surface area contributed by atoms with Crippen molar-refractivity contribution in [2.45, 2.75) is 17.2 Å². The van der Waals surface area contributed by atoms with Gasteiger partial charge in [-0.15, -0.1) is 0 Å². The number of urea groups is 1. The van der Waals surface area contributed by atoms with Crippen LogP contribution in [0.4, 0.5) is 19.3 Å². The zero-order chi connectivity index (χ0) is 15.9. The highest BCUT2D eigenvalue weighted by atomic mass is 32.2. The summed E-state index contributed by atoms with van der Waals surface area (Å²) in [6.45, 7) is 0.470. The third kappa shape index (κ3) is 5.04. The fraction of sp³-hybridized carbons (Fsp3) is 0.188. The van der Waals surface area contributed by atoms with Crippen molar-refractivity contribution >= 4 is 23.5 Å². The molecule has 0 heterocycles. The standard InChI is InChI=1S/C16H16F2N2OS/c1-20(11-12-6-3-2-4-7-12)16(21)19-13-8-5-9-14(10-13)22-15(17)18/h2-10,15H,11H2,1H3,(H,19,21). The highest BCUT2D eigenvalue weighted by molar-refractivity contribution is 7.99. The predicted octanol–water partition coefficient (Wildman–Crippen LogP) is 4.67. The van der Waals surface area contributed by atoms with Crippen LogP contribution in [0.1, 0.15) is 5.56 Å². The number of amides is 2. The molecule has 0 atom stereocenters. The summed E-state index contributed by atoms with van der Waals surface area (Å²) in [5, 5.41) is 2.70. The SMILES string of the molecule is CN(Cc1ccccc1)C(=O)Nc1cccc(SC(F)F)c1. The minimum atomic E-state index is -2.48. The maximum atomic E-state index is 12.4. The summed E-state index contributed by atoms with van der Waals surface area (Å²) in [7, 11) is 1.68. The highest BCUT2D eigenvalue weighted by Crippen LogP contribution is 2.27. The number of carbonyl (C=O) groups excluding carboxylic acids is 1. The Balaban J connectivity index is 1.96. The first-order valence-electron chi connectivity index (χ1n) is 6.65.